The standard InChI is InChI=1S/C18H14ClF3N4OS/c1-10-16-14(26(24-23-16)11-6-8-28-9-11)5-7-25(10)17(27)12-3-2-4-13(15(12)19)18(20,21)22/h2-4,6,8-10H,5,7H2,1H3/t10-/m0/s1. The van der Waals surface area contributed by atoms with Gasteiger partial charge in [-0.3, -0.25) is 4.79 Å². The normalized spacial score (nSPS) is 16.9. The average Bonchev–Trinajstić information content (AvgIpc) is 3.30. The van der Waals surface area contributed by atoms with Gasteiger partial charge in [0, 0.05) is 18.3 Å². The third-order valence-electron chi connectivity index (χ3n) is 4.79. The Morgan fingerprint density at radius 1 is 1.32 bits per heavy atom. The van der Waals surface area contributed by atoms with Crippen molar-refractivity contribution < 1.29 is 18.0 Å². The highest BCUT2D eigenvalue weighted by Gasteiger charge is 2.37. The summed E-state index contributed by atoms with van der Waals surface area (Å²) in [6.45, 7) is 2.11. The second-order valence-corrected chi connectivity index (χ2v) is 7.56. The van der Waals surface area contributed by atoms with E-state index in [9.17, 15) is 18.0 Å². The molecule has 1 aromatic carbocycles. The summed E-state index contributed by atoms with van der Waals surface area (Å²) in [5.41, 5.74) is 1.23. The van der Waals surface area contributed by atoms with E-state index in [1.54, 1.807) is 11.6 Å². The summed E-state index contributed by atoms with van der Waals surface area (Å²) in [6, 6.07) is 4.85. The molecule has 3 aromatic rings. The molecule has 0 saturated heterocycles. The Hall–Kier alpha value is -2.39. The van der Waals surface area contributed by atoms with E-state index in [4.69, 9.17) is 11.6 Å². The number of carbonyl (C=O) groups is 1. The molecule has 1 amide bonds. The van der Waals surface area contributed by atoms with Gasteiger partial charge in [0.05, 0.1) is 33.6 Å². The summed E-state index contributed by atoms with van der Waals surface area (Å²) >= 11 is 7.47. The highest BCUT2D eigenvalue weighted by atomic mass is 35.5. The van der Waals surface area contributed by atoms with Crippen molar-refractivity contribution >= 4 is 28.8 Å². The Morgan fingerprint density at radius 3 is 2.79 bits per heavy atom. The Kier molecular flexibility index (Phi) is 4.67. The SMILES string of the molecule is C[C@H]1c2nnn(-c3ccsc3)c2CCN1C(=O)c1cccc(C(F)(F)F)c1Cl. The Morgan fingerprint density at radius 2 is 2.11 bits per heavy atom. The molecule has 0 spiro atoms. The van der Waals surface area contributed by atoms with Crippen LogP contribution in [-0.4, -0.2) is 32.3 Å². The lowest BCUT2D eigenvalue weighted by atomic mass is 10.0. The van der Waals surface area contributed by atoms with E-state index in [2.05, 4.69) is 10.3 Å². The van der Waals surface area contributed by atoms with Gasteiger partial charge in [0.2, 0.25) is 0 Å². The molecule has 1 aliphatic heterocycles. The van der Waals surface area contributed by atoms with Crippen molar-refractivity contribution in [2.24, 2.45) is 0 Å². The Bertz CT molecular complexity index is 1030. The lowest BCUT2D eigenvalue weighted by molar-refractivity contribution is -0.137. The van der Waals surface area contributed by atoms with E-state index >= 15 is 0 Å². The zero-order valence-electron chi connectivity index (χ0n) is 14.6. The monoisotopic (exact) mass is 426 g/mol. The van der Waals surface area contributed by atoms with Crippen LogP contribution in [0.3, 0.4) is 0 Å². The number of fused-ring (bicyclic) bond motifs is 1. The van der Waals surface area contributed by atoms with Crippen molar-refractivity contribution in [1.29, 1.82) is 0 Å². The van der Waals surface area contributed by atoms with Gasteiger partial charge in [-0.05, 0) is 30.5 Å². The predicted octanol–water partition coefficient (Wildman–Crippen LogP) is 4.76. The van der Waals surface area contributed by atoms with E-state index in [1.165, 1.54) is 28.4 Å². The molecule has 0 radical (unpaired) electrons. The average molecular weight is 427 g/mol. The lowest BCUT2D eigenvalue weighted by Gasteiger charge is -2.33. The minimum absolute atomic E-state index is 0.169. The molecule has 0 bridgehead atoms. The van der Waals surface area contributed by atoms with Crippen LogP contribution in [0.1, 0.15) is 40.3 Å². The second-order valence-electron chi connectivity index (χ2n) is 6.40. The van der Waals surface area contributed by atoms with Crippen LogP contribution in [0.5, 0.6) is 0 Å². The number of amides is 1. The van der Waals surface area contributed by atoms with Gasteiger partial charge < -0.3 is 4.90 Å². The molecule has 4 rings (SSSR count). The molecule has 0 N–H and O–H groups in total. The number of alkyl halides is 3. The Labute approximate surface area is 167 Å². The predicted molar refractivity (Wildman–Crippen MR) is 98.8 cm³/mol. The van der Waals surface area contributed by atoms with Gasteiger partial charge in [0.15, 0.2) is 0 Å². The van der Waals surface area contributed by atoms with Gasteiger partial charge in [-0.2, -0.15) is 24.5 Å². The molecule has 5 nitrogen and oxygen atoms in total. The van der Waals surface area contributed by atoms with Gasteiger partial charge >= 0.3 is 6.18 Å². The molecule has 1 atom stereocenters. The van der Waals surface area contributed by atoms with E-state index in [0.29, 0.717) is 18.7 Å². The smallest absolute Gasteiger partial charge is 0.330 e. The highest BCUT2D eigenvalue weighted by molar-refractivity contribution is 7.08. The largest absolute Gasteiger partial charge is 0.417 e. The fourth-order valence-electron chi connectivity index (χ4n) is 3.37. The summed E-state index contributed by atoms with van der Waals surface area (Å²) in [5, 5.41) is 11.7. The van der Waals surface area contributed by atoms with Crippen LogP contribution >= 0.6 is 22.9 Å². The number of carbonyl (C=O) groups excluding carboxylic acids is 1. The number of rotatable bonds is 2. The van der Waals surface area contributed by atoms with Gasteiger partial charge in [-0.15, -0.1) is 5.10 Å². The Balaban J connectivity index is 1.67. The highest BCUT2D eigenvalue weighted by Crippen LogP contribution is 2.38. The van der Waals surface area contributed by atoms with Crippen LogP contribution in [0.4, 0.5) is 13.2 Å². The van der Waals surface area contributed by atoms with E-state index in [1.807, 2.05) is 16.8 Å². The number of thiophene rings is 1. The van der Waals surface area contributed by atoms with Crippen molar-refractivity contribution in [3.8, 4) is 5.69 Å². The minimum Gasteiger partial charge on any atom is -0.330 e. The van der Waals surface area contributed by atoms with Crippen LogP contribution in [0, 0.1) is 0 Å². The maximum atomic E-state index is 13.1. The van der Waals surface area contributed by atoms with Crippen molar-refractivity contribution in [2.45, 2.75) is 25.6 Å². The van der Waals surface area contributed by atoms with E-state index in [-0.39, 0.29) is 5.56 Å². The summed E-state index contributed by atoms with van der Waals surface area (Å²) < 4.78 is 41.1. The van der Waals surface area contributed by atoms with Gasteiger partial charge in [-0.1, -0.05) is 22.9 Å². The van der Waals surface area contributed by atoms with Crippen LogP contribution in [0.2, 0.25) is 5.02 Å². The van der Waals surface area contributed by atoms with Gasteiger partial charge in [0.25, 0.3) is 5.91 Å². The molecule has 28 heavy (non-hydrogen) atoms. The molecule has 0 fully saturated rings. The molecule has 0 unspecified atom stereocenters. The number of hydrogen-bond acceptors (Lipinski definition) is 4. The maximum Gasteiger partial charge on any atom is 0.417 e. The zero-order valence-corrected chi connectivity index (χ0v) is 16.1. The summed E-state index contributed by atoms with van der Waals surface area (Å²) in [5.74, 6) is -0.556. The molecule has 1 aliphatic rings. The zero-order chi connectivity index (χ0) is 20.1. The van der Waals surface area contributed by atoms with Crippen LogP contribution in [0.25, 0.3) is 5.69 Å². The first-order valence-corrected chi connectivity index (χ1v) is 9.75. The first-order chi connectivity index (χ1) is 13.3. The van der Waals surface area contributed by atoms with Gasteiger partial charge in [-0.25, -0.2) is 4.68 Å². The second kappa shape index (κ2) is 6.89. The molecule has 10 heteroatoms. The van der Waals surface area contributed by atoms with Crippen molar-refractivity contribution in [3.63, 3.8) is 0 Å². The number of hydrogen-bond donors (Lipinski definition) is 0. The summed E-state index contributed by atoms with van der Waals surface area (Å²) in [7, 11) is 0. The third-order valence-corrected chi connectivity index (χ3v) is 5.87. The summed E-state index contributed by atoms with van der Waals surface area (Å²) in [6.07, 6.45) is -4.14. The maximum absolute atomic E-state index is 13.1. The fraction of sp³-hybridized carbons (Fsp3) is 0.278. The molecule has 0 saturated carbocycles. The first-order valence-electron chi connectivity index (χ1n) is 8.42. The number of nitrogens with zero attached hydrogens (tertiary/aromatic N) is 4. The number of aromatic nitrogens is 3. The molecule has 0 aliphatic carbocycles. The quantitative estimate of drug-likeness (QED) is 0.593. The molecular formula is C18H14ClF3N4OS. The lowest BCUT2D eigenvalue weighted by Crippen LogP contribution is -2.39. The topological polar surface area (TPSA) is 51.0 Å². The van der Waals surface area contributed by atoms with Crippen molar-refractivity contribution in [1.82, 2.24) is 19.9 Å². The van der Waals surface area contributed by atoms with Gasteiger partial charge in [0.1, 0.15) is 5.69 Å². The van der Waals surface area contributed by atoms with E-state index in [0.717, 1.165) is 17.4 Å². The first kappa shape index (κ1) is 18.9. The minimum atomic E-state index is -4.63. The van der Waals surface area contributed by atoms with Crippen LogP contribution in [0.15, 0.2) is 35.0 Å². The summed E-state index contributed by atoms with van der Waals surface area (Å²) in [4.78, 5) is 14.5. The molecule has 3 heterocycles. The van der Waals surface area contributed by atoms with E-state index < -0.39 is 28.7 Å². The number of benzene rings is 1. The van der Waals surface area contributed by atoms with Crippen LogP contribution < -0.4 is 0 Å². The molecule has 2 aromatic heterocycles. The number of halogens is 4. The van der Waals surface area contributed by atoms with Crippen molar-refractivity contribution in [3.05, 3.63) is 62.6 Å². The fourth-order valence-corrected chi connectivity index (χ4v) is 4.30. The van der Waals surface area contributed by atoms with Crippen molar-refractivity contribution in [2.75, 3.05) is 6.54 Å². The molecule has 146 valence electrons. The molecular weight excluding hydrogens is 413 g/mol. The third kappa shape index (κ3) is 3.08. The van der Waals surface area contributed by atoms with Crippen LogP contribution in [-0.2, 0) is 12.6 Å².